The maximum atomic E-state index is 12.1. The molecule has 0 aliphatic rings. The second-order valence-electron chi connectivity index (χ2n) is 5.62. The molecule has 6 nitrogen and oxygen atoms in total. The van der Waals surface area contributed by atoms with Crippen LogP contribution in [0.3, 0.4) is 0 Å². The Morgan fingerprint density at radius 2 is 1.91 bits per heavy atom. The van der Waals surface area contributed by atoms with Crippen LogP contribution in [0.4, 0.5) is 0 Å². The fourth-order valence-corrected chi connectivity index (χ4v) is 3.24. The van der Waals surface area contributed by atoms with Gasteiger partial charge in [-0.25, -0.2) is 12.7 Å². The van der Waals surface area contributed by atoms with Gasteiger partial charge in [0.15, 0.2) is 0 Å². The van der Waals surface area contributed by atoms with E-state index in [4.69, 9.17) is 5.73 Å². The molecule has 0 aliphatic heterocycles. The van der Waals surface area contributed by atoms with E-state index in [0.29, 0.717) is 26.1 Å². The summed E-state index contributed by atoms with van der Waals surface area (Å²) in [6.07, 6.45) is 1.76. The number of benzene rings is 1. The van der Waals surface area contributed by atoms with Crippen LogP contribution in [0.2, 0.25) is 0 Å². The van der Waals surface area contributed by atoms with Crippen LogP contribution in [0.25, 0.3) is 0 Å². The van der Waals surface area contributed by atoms with Crippen LogP contribution >= 0.6 is 0 Å². The van der Waals surface area contributed by atoms with Crippen molar-refractivity contribution in [1.82, 2.24) is 9.62 Å². The Morgan fingerprint density at radius 1 is 1.30 bits per heavy atom. The van der Waals surface area contributed by atoms with Crippen LogP contribution in [0.15, 0.2) is 30.3 Å². The molecule has 23 heavy (non-hydrogen) atoms. The summed E-state index contributed by atoms with van der Waals surface area (Å²) in [6.45, 7) is 4.84. The van der Waals surface area contributed by atoms with Crippen LogP contribution in [0, 0.1) is 5.92 Å². The van der Waals surface area contributed by atoms with E-state index < -0.39 is 10.0 Å². The third-order valence-corrected chi connectivity index (χ3v) is 5.22. The van der Waals surface area contributed by atoms with E-state index >= 15 is 0 Å². The summed E-state index contributed by atoms with van der Waals surface area (Å²) in [6, 6.07) is 9.13. The Hall–Kier alpha value is -1.44. The second-order valence-corrected chi connectivity index (χ2v) is 7.61. The molecule has 1 amide bonds. The maximum Gasteiger partial charge on any atom is 0.224 e. The van der Waals surface area contributed by atoms with Gasteiger partial charge in [0.1, 0.15) is 0 Å². The van der Waals surface area contributed by atoms with Gasteiger partial charge in [-0.3, -0.25) is 4.79 Å². The lowest BCUT2D eigenvalue weighted by Gasteiger charge is -2.21. The third kappa shape index (κ3) is 6.29. The fraction of sp³-hybridized carbons (Fsp3) is 0.562. The zero-order valence-corrected chi connectivity index (χ0v) is 14.8. The molecule has 0 spiro atoms. The Labute approximate surface area is 139 Å². The van der Waals surface area contributed by atoms with Gasteiger partial charge in [-0.05, 0) is 12.0 Å². The van der Waals surface area contributed by atoms with Crippen molar-refractivity contribution in [3.8, 4) is 0 Å². The molecule has 130 valence electrons. The van der Waals surface area contributed by atoms with Crippen LogP contribution in [-0.4, -0.2) is 44.5 Å². The average molecular weight is 341 g/mol. The van der Waals surface area contributed by atoms with Gasteiger partial charge in [0.05, 0.1) is 12.2 Å². The quantitative estimate of drug-likeness (QED) is 0.658. The second kappa shape index (κ2) is 9.00. The first kappa shape index (κ1) is 19.6. The summed E-state index contributed by atoms with van der Waals surface area (Å²) in [5.41, 5.74) is 7.04. The standard InChI is InChI=1S/C16H27N3O3S/c1-4-19(23(3,21)22)12-8-11-18-16(20)13(2)15(17)14-9-6-5-7-10-14/h5-7,9-10,13,15H,4,8,11-12,17H2,1-3H3,(H,18,20). The molecule has 1 aromatic rings. The molecule has 0 heterocycles. The summed E-state index contributed by atoms with van der Waals surface area (Å²) < 4.78 is 24.3. The maximum absolute atomic E-state index is 12.1. The van der Waals surface area contributed by atoms with E-state index in [1.807, 2.05) is 30.3 Å². The Kier molecular flexibility index (Phi) is 7.67. The van der Waals surface area contributed by atoms with Crippen molar-refractivity contribution in [2.45, 2.75) is 26.3 Å². The first-order chi connectivity index (χ1) is 10.8. The molecule has 1 rings (SSSR count). The van der Waals surface area contributed by atoms with Gasteiger partial charge in [-0.2, -0.15) is 0 Å². The van der Waals surface area contributed by atoms with Crippen molar-refractivity contribution < 1.29 is 13.2 Å². The van der Waals surface area contributed by atoms with Crippen molar-refractivity contribution in [3.63, 3.8) is 0 Å². The molecule has 2 atom stereocenters. The first-order valence-corrected chi connectivity index (χ1v) is 9.65. The van der Waals surface area contributed by atoms with E-state index in [1.165, 1.54) is 10.6 Å². The number of hydrogen-bond acceptors (Lipinski definition) is 4. The largest absolute Gasteiger partial charge is 0.356 e. The molecular weight excluding hydrogens is 314 g/mol. The van der Waals surface area contributed by atoms with Crippen LogP contribution < -0.4 is 11.1 Å². The predicted octanol–water partition coefficient (Wildman–Crippen LogP) is 1.11. The molecule has 0 aliphatic carbocycles. The third-order valence-electron chi connectivity index (χ3n) is 3.84. The lowest BCUT2D eigenvalue weighted by molar-refractivity contribution is -0.125. The molecule has 2 unspecified atom stereocenters. The van der Waals surface area contributed by atoms with Gasteiger partial charge in [0.2, 0.25) is 15.9 Å². The average Bonchev–Trinajstić information content (AvgIpc) is 2.52. The van der Waals surface area contributed by atoms with Gasteiger partial charge in [0.25, 0.3) is 0 Å². The van der Waals surface area contributed by atoms with Crippen molar-refractivity contribution in [2.24, 2.45) is 11.7 Å². The van der Waals surface area contributed by atoms with E-state index in [9.17, 15) is 13.2 Å². The van der Waals surface area contributed by atoms with E-state index in [0.717, 1.165) is 5.56 Å². The molecule has 0 bridgehead atoms. The molecule has 0 saturated carbocycles. The summed E-state index contributed by atoms with van der Waals surface area (Å²) in [7, 11) is -3.18. The number of carbonyl (C=O) groups excluding carboxylic acids is 1. The van der Waals surface area contributed by atoms with E-state index in [-0.39, 0.29) is 17.9 Å². The highest BCUT2D eigenvalue weighted by molar-refractivity contribution is 7.88. The van der Waals surface area contributed by atoms with Gasteiger partial charge in [-0.1, -0.05) is 44.2 Å². The smallest absolute Gasteiger partial charge is 0.224 e. The number of nitrogens with one attached hydrogen (secondary N) is 1. The number of carbonyl (C=O) groups is 1. The van der Waals surface area contributed by atoms with Gasteiger partial charge < -0.3 is 11.1 Å². The molecule has 0 fully saturated rings. The van der Waals surface area contributed by atoms with Gasteiger partial charge in [-0.15, -0.1) is 0 Å². The van der Waals surface area contributed by atoms with E-state index in [2.05, 4.69) is 5.32 Å². The molecule has 1 aromatic carbocycles. The zero-order chi connectivity index (χ0) is 17.5. The van der Waals surface area contributed by atoms with Crippen molar-refractivity contribution >= 4 is 15.9 Å². The molecular formula is C16H27N3O3S. The fourth-order valence-electron chi connectivity index (χ4n) is 2.31. The normalized spacial score (nSPS) is 14.5. The van der Waals surface area contributed by atoms with Gasteiger partial charge >= 0.3 is 0 Å². The lowest BCUT2D eigenvalue weighted by atomic mass is 9.95. The molecule has 0 aromatic heterocycles. The SMILES string of the molecule is CCN(CCCNC(=O)C(C)C(N)c1ccccc1)S(C)(=O)=O. The number of nitrogens with two attached hydrogens (primary N) is 1. The number of hydrogen-bond donors (Lipinski definition) is 2. The Morgan fingerprint density at radius 3 is 2.43 bits per heavy atom. The summed E-state index contributed by atoms with van der Waals surface area (Å²) in [5, 5.41) is 2.82. The van der Waals surface area contributed by atoms with Gasteiger partial charge in [0, 0.05) is 25.7 Å². The van der Waals surface area contributed by atoms with Crippen molar-refractivity contribution in [2.75, 3.05) is 25.9 Å². The predicted molar refractivity (Wildman–Crippen MR) is 92.3 cm³/mol. The first-order valence-electron chi connectivity index (χ1n) is 7.80. The number of nitrogens with zero attached hydrogens (tertiary/aromatic N) is 1. The minimum absolute atomic E-state index is 0.122. The topological polar surface area (TPSA) is 92.5 Å². The monoisotopic (exact) mass is 341 g/mol. The highest BCUT2D eigenvalue weighted by atomic mass is 32.2. The molecule has 3 N–H and O–H groups in total. The number of sulfonamides is 1. The van der Waals surface area contributed by atoms with Crippen LogP contribution in [0.5, 0.6) is 0 Å². The summed E-state index contributed by atoms with van der Waals surface area (Å²) in [5.74, 6) is -0.474. The summed E-state index contributed by atoms with van der Waals surface area (Å²) in [4.78, 5) is 12.1. The lowest BCUT2D eigenvalue weighted by Crippen LogP contribution is -2.37. The minimum atomic E-state index is -3.18. The molecule has 7 heteroatoms. The van der Waals surface area contributed by atoms with E-state index in [1.54, 1.807) is 13.8 Å². The van der Waals surface area contributed by atoms with Crippen LogP contribution in [0.1, 0.15) is 31.9 Å². The highest BCUT2D eigenvalue weighted by Crippen LogP contribution is 2.18. The molecule has 0 radical (unpaired) electrons. The number of rotatable bonds is 9. The summed E-state index contributed by atoms with van der Waals surface area (Å²) >= 11 is 0. The van der Waals surface area contributed by atoms with Crippen LogP contribution in [-0.2, 0) is 14.8 Å². The molecule has 0 saturated heterocycles. The highest BCUT2D eigenvalue weighted by Gasteiger charge is 2.21. The zero-order valence-electron chi connectivity index (χ0n) is 14.0. The Bertz CT molecular complexity index is 590. The minimum Gasteiger partial charge on any atom is -0.356 e. The van der Waals surface area contributed by atoms with Crippen molar-refractivity contribution in [3.05, 3.63) is 35.9 Å². The Balaban J connectivity index is 2.42. The van der Waals surface area contributed by atoms with Crippen molar-refractivity contribution in [1.29, 1.82) is 0 Å². The number of amides is 1.